The predicted molar refractivity (Wildman–Crippen MR) is 90.3 cm³/mol. The van der Waals surface area contributed by atoms with E-state index in [0.29, 0.717) is 17.2 Å². The molecule has 1 amide bonds. The second kappa shape index (κ2) is 7.11. The summed E-state index contributed by atoms with van der Waals surface area (Å²) in [6.07, 6.45) is -1.44. The first-order chi connectivity index (χ1) is 12.0. The van der Waals surface area contributed by atoms with Gasteiger partial charge in [0.1, 0.15) is 17.3 Å². The Bertz CT molecular complexity index is 880. The van der Waals surface area contributed by atoms with Crippen LogP contribution in [0, 0.1) is 5.82 Å². The third-order valence-electron chi connectivity index (χ3n) is 3.52. The highest BCUT2D eigenvalue weighted by Crippen LogP contribution is 2.26. The van der Waals surface area contributed by atoms with Crippen LogP contribution in [0.15, 0.2) is 66.7 Å². The molecule has 0 fully saturated rings. The molecule has 6 heteroatoms. The molecule has 0 aliphatic rings. The van der Waals surface area contributed by atoms with Gasteiger partial charge in [0.2, 0.25) is 0 Å². The molecule has 1 unspecified atom stereocenters. The van der Waals surface area contributed by atoms with Gasteiger partial charge in [0.15, 0.2) is 6.10 Å². The van der Waals surface area contributed by atoms with E-state index in [0.717, 1.165) is 5.56 Å². The highest BCUT2D eigenvalue weighted by Gasteiger charge is 2.15. The number of amides is 1. The van der Waals surface area contributed by atoms with Crippen molar-refractivity contribution in [1.29, 1.82) is 0 Å². The van der Waals surface area contributed by atoms with Crippen molar-refractivity contribution in [2.24, 2.45) is 5.73 Å². The van der Waals surface area contributed by atoms with Gasteiger partial charge in [-0.05, 0) is 60.7 Å². The molecule has 1 atom stereocenters. The van der Waals surface area contributed by atoms with Crippen molar-refractivity contribution in [1.82, 2.24) is 4.98 Å². The minimum absolute atomic E-state index is 0.191. The van der Waals surface area contributed by atoms with Crippen molar-refractivity contribution >= 4 is 5.91 Å². The molecule has 3 aromatic rings. The van der Waals surface area contributed by atoms with Crippen molar-refractivity contribution in [3.05, 3.63) is 78.2 Å². The minimum Gasteiger partial charge on any atom is -0.457 e. The third kappa shape index (κ3) is 3.99. The molecule has 0 saturated carbocycles. The number of nitrogens with two attached hydrogens (primary N) is 1. The number of carbonyl (C=O) groups excluding carboxylic acids is 1. The Hall–Kier alpha value is -3.25. The molecule has 126 valence electrons. The fraction of sp³-hybridized carbons (Fsp3) is 0.0526. The molecule has 1 heterocycles. The van der Waals surface area contributed by atoms with Crippen LogP contribution in [0.4, 0.5) is 4.39 Å². The second-order valence-corrected chi connectivity index (χ2v) is 5.33. The Balaban J connectivity index is 1.79. The number of primary amides is 1. The SMILES string of the molecule is NC(=O)C(O)c1cccc(-c2ccc(Oc3ccc(F)cc3)cc2)n1. The zero-order chi connectivity index (χ0) is 17.8. The van der Waals surface area contributed by atoms with E-state index in [4.69, 9.17) is 10.5 Å². The smallest absolute Gasteiger partial charge is 0.252 e. The van der Waals surface area contributed by atoms with Gasteiger partial charge in [-0.2, -0.15) is 0 Å². The van der Waals surface area contributed by atoms with Crippen LogP contribution in [0.2, 0.25) is 0 Å². The normalized spacial score (nSPS) is 11.8. The molecule has 0 bridgehead atoms. The zero-order valence-electron chi connectivity index (χ0n) is 13.1. The lowest BCUT2D eigenvalue weighted by Gasteiger charge is -2.09. The van der Waals surface area contributed by atoms with Crippen molar-refractivity contribution < 1.29 is 19.0 Å². The largest absolute Gasteiger partial charge is 0.457 e. The highest BCUT2D eigenvalue weighted by molar-refractivity contribution is 5.79. The first-order valence-electron chi connectivity index (χ1n) is 7.51. The molecule has 0 aliphatic carbocycles. The average Bonchev–Trinajstić information content (AvgIpc) is 2.63. The standard InChI is InChI=1S/C19H15FN2O3/c20-13-6-10-15(11-7-13)25-14-8-4-12(5-9-14)16-2-1-3-17(22-16)18(23)19(21)24/h1-11,18,23H,(H2,21,24). The van der Waals surface area contributed by atoms with Crippen LogP contribution in [-0.2, 0) is 4.79 Å². The summed E-state index contributed by atoms with van der Waals surface area (Å²) in [6, 6.07) is 17.8. The molecule has 1 aromatic heterocycles. The summed E-state index contributed by atoms with van der Waals surface area (Å²) < 4.78 is 18.5. The maximum Gasteiger partial charge on any atom is 0.252 e. The van der Waals surface area contributed by atoms with Gasteiger partial charge in [-0.15, -0.1) is 0 Å². The fourth-order valence-corrected chi connectivity index (χ4v) is 2.24. The number of aliphatic hydroxyl groups is 1. The molecule has 0 radical (unpaired) electrons. The highest BCUT2D eigenvalue weighted by atomic mass is 19.1. The number of aromatic nitrogens is 1. The maximum absolute atomic E-state index is 12.9. The van der Waals surface area contributed by atoms with Gasteiger partial charge in [0.05, 0.1) is 11.4 Å². The first-order valence-corrected chi connectivity index (χ1v) is 7.51. The molecule has 0 saturated heterocycles. The summed E-state index contributed by atoms with van der Waals surface area (Å²) in [5, 5.41) is 9.71. The van der Waals surface area contributed by atoms with Gasteiger partial charge in [-0.3, -0.25) is 4.79 Å². The lowest BCUT2D eigenvalue weighted by Crippen LogP contribution is -2.21. The van der Waals surface area contributed by atoms with E-state index in [1.54, 1.807) is 48.5 Å². The van der Waals surface area contributed by atoms with Crippen LogP contribution in [-0.4, -0.2) is 16.0 Å². The van der Waals surface area contributed by atoms with Gasteiger partial charge >= 0.3 is 0 Å². The molecule has 3 rings (SSSR count). The number of halogens is 1. The van der Waals surface area contributed by atoms with Crippen LogP contribution in [0.3, 0.4) is 0 Å². The number of benzene rings is 2. The van der Waals surface area contributed by atoms with Gasteiger partial charge in [-0.25, -0.2) is 9.37 Å². The van der Waals surface area contributed by atoms with Crippen LogP contribution < -0.4 is 10.5 Å². The van der Waals surface area contributed by atoms with E-state index in [1.807, 2.05) is 0 Å². The Kier molecular flexibility index (Phi) is 4.72. The van der Waals surface area contributed by atoms with E-state index >= 15 is 0 Å². The molecule has 25 heavy (non-hydrogen) atoms. The number of nitrogens with zero attached hydrogens (tertiary/aromatic N) is 1. The number of hydrogen-bond acceptors (Lipinski definition) is 4. The van der Waals surface area contributed by atoms with Crippen molar-refractivity contribution in [2.75, 3.05) is 0 Å². The summed E-state index contributed by atoms with van der Waals surface area (Å²) in [6.45, 7) is 0. The number of hydrogen-bond donors (Lipinski definition) is 2. The Morgan fingerprint density at radius 2 is 1.60 bits per heavy atom. The quantitative estimate of drug-likeness (QED) is 0.748. The van der Waals surface area contributed by atoms with Gasteiger partial charge in [0.25, 0.3) is 5.91 Å². The van der Waals surface area contributed by atoms with Crippen molar-refractivity contribution in [2.45, 2.75) is 6.10 Å². The van der Waals surface area contributed by atoms with Crippen LogP contribution in [0.25, 0.3) is 11.3 Å². The molecule has 3 N–H and O–H groups in total. The number of aliphatic hydroxyl groups excluding tert-OH is 1. The van der Waals surface area contributed by atoms with Crippen molar-refractivity contribution in [3.8, 4) is 22.8 Å². The minimum atomic E-state index is -1.44. The summed E-state index contributed by atoms with van der Waals surface area (Å²) in [4.78, 5) is 15.3. The fourth-order valence-electron chi connectivity index (χ4n) is 2.24. The van der Waals surface area contributed by atoms with Crippen molar-refractivity contribution in [3.63, 3.8) is 0 Å². The van der Waals surface area contributed by atoms with E-state index in [-0.39, 0.29) is 11.5 Å². The topological polar surface area (TPSA) is 85.4 Å². The second-order valence-electron chi connectivity index (χ2n) is 5.33. The van der Waals surface area contributed by atoms with E-state index in [1.165, 1.54) is 18.2 Å². The van der Waals surface area contributed by atoms with Crippen LogP contribution in [0.5, 0.6) is 11.5 Å². The predicted octanol–water partition coefficient (Wildman–Crippen LogP) is 3.20. The summed E-state index contributed by atoms with van der Waals surface area (Å²) in [5.74, 6) is -0.0676. The summed E-state index contributed by atoms with van der Waals surface area (Å²) in [7, 11) is 0. The third-order valence-corrected chi connectivity index (χ3v) is 3.52. The molecular formula is C19H15FN2O3. The average molecular weight is 338 g/mol. The Morgan fingerprint density at radius 1 is 1.00 bits per heavy atom. The van der Waals surface area contributed by atoms with Gasteiger partial charge < -0.3 is 15.6 Å². The summed E-state index contributed by atoms with van der Waals surface area (Å²) >= 11 is 0. The number of pyridine rings is 1. The monoisotopic (exact) mass is 338 g/mol. The van der Waals surface area contributed by atoms with E-state index in [2.05, 4.69) is 4.98 Å². The van der Waals surface area contributed by atoms with Crippen LogP contribution in [0.1, 0.15) is 11.8 Å². The molecule has 5 nitrogen and oxygen atoms in total. The maximum atomic E-state index is 12.9. The molecule has 0 aliphatic heterocycles. The first kappa shape index (κ1) is 16.6. The van der Waals surface area contributed by atoms with Gasteiger partial charge in [0, 0.05) is 5.56 Å². The zero-order valence-corrected chi connectivity index (χ0v) is 13.1. The molecular weight excluding hydrogens is 323 g/mol. The van der Waals surface area contributed by atoms with E-state index in [9.17, 15) is 14.3 Å². The van der Waals surface area contributed by atoms with Gasteiger partial charge in [-0.1, -0.05) is 6.07 Å². The van der Waals surface area contributed by atoms with E-state index < -0.39 is 12.0 Å². The number of rotatable bonds is 5. The summed E-state index contributed by atoms with van der Waals surface area (Å²) in [5.41, 5.74) is 6.65. The molecule has 2 aromatic carbocycles. The molecule has 0 spiro atoms. The lowest BCUT2D eigenvalue weighted by atomic mass is 10.1. The number of carbonyl (C=O) groups is 1. The Labute approximate surface area is 143 Å². The number of ether oxygens (including phenoxy) is 1. The lowest BCUT2D eigenvalue weighted by molar-refractivity contribution is -0.126. The Morgan fingerprint density at radius 3 is 2.20 bits per heavy atom. The van der Waals surface area contributed by atoms with Crippen LogP contribution >= 0.6 is 0 Å².